The van der Waals surface area contributed by atoms with E-state index in [9.17, 15) is 9.59 Å². The van der Waals surface area contributed by atoms with Crippen molar-refractivity contribution in [2.75, 3.05) is 32.6 Å². The minimum Gasteiger partial charge on any atom is -0.497 e. The van der Waals surface area contributed by atoms with Crippen LogP contribution in [-0.4, -0.2) is 48.1 Å². The molecule has 29 heavy (non-hydrogen) atoms. The number of methoxy groups -OCH3 is 2. The molecule has 3 N–H and O–H groups in total. The summed E-state index contributed by atoms with van der Waals surface area (Å²) in [6, 6.07) is 11.2. The molecule has 1 aliphatic heterocycles. The van der Waals surface area contributed by atoms with Crippen LogP contribution in [0.25, 0.3) is 11.0 Å². The molecule has 0 unspecified atom stereocenters. The SMILES string of the molecule is COc1ccc([C@@H]2CCCN2CC(=O)Nc2ccc3[nH]c(=O)[nH]c3c2)c(OC)c1. The van der Waals surface area contributed by atoms with Gasteiger partial charge in [0.05, 0.1) is 31.8 Å². The lowest BCUT2D eigenvalue weighted by Gasteiger charge is -2.25. The quantitative estimate of drug-likeness (QED) is 0.595. The monoisotopic (exact) mass is 396 g/mol. The van der Waals surface area contributed by atoms with Gasteiger partial charge in [0.15, 0.2) is 0 Å². The molecule has 4 rings (SSSR count). The number of imidazole rings is 1. The molecule has 1 saturated heterocycles. The topological polar surface area (TPSA) is 99.5 Å². The molecule has 0 radical (unpaired) electrons. The van der Waals surface area contributed by atoms with Gasteiger partial charge in [0.1, 0.15) is 11.5 Å². The van der Waals surface area contributed by atoms with Crippen molar-refractivity contribution in [3.8, 4) is 11.5 Å². The third-order valence-electron chi connectivity index (χ3n) is 5.31. The van der Waals surface area contributed by atoms with Crippen LogP contribution in [-0.2, 0) is 4.79 Å². The van der Waals surface area contributed by atoms with Gasteiger partial charge in [-0.05, 0) is 43.7 Å². The molecule has 1 fully saturated rings. The average molecular weight is 396 g/mol. The summed E-state index contributed by atoms with van der Waals surface area (Å²) in [5.41, 5.74) is 2.81. The van der Waals surface area contributed by atoms with Gasteiger partial charge >= 0.3 is 5.69 Å². The Kier molecular flexibility index (Phi) is 5.26. The number of aromatic nitrogens is 2. The summed E-state index contributed by atoms with van der Waals surface area (Å²) in [5.74, 6) is 1.41. The number of aromatic amines is 2. The molecular weight excluding hydrogens is 372 g/mol. The molecule has 2 heterocycles. The highest BCUT2D eigenvalue weighted by atomic mass is 16.5. The van der Waals surface area contributed by atoms with E-state index in [2.05, 4.69) is 20.2 Å². The number of nitrogens with zero attached hydrogens (tertiary/aromatic N) is 1. The van der Waals surface area contributed by atoms with Gasteiger partial charge in [-0.2, -0.15) is 0 Å². The maximum Gasteiger partial charge on any atom is 0.323 e. The Morgan fingerprint density at radius 2 is 1.97 bits per heavy atom. The molecule has 0 aliphatic carbocycles. The molecular formula is C21H24N4O4. The highest BCUT2D eigenvalue weighted by molar-refractivity contribution is 5.94. The number of H-pyrrole nitrogens is 2. The first kappa shape index (κ1) is 19.1. The summed E-state index contributed by atoms with van der Waals surface area (Å²) in [6.07, 6.45) is 1.98. The number of carbonyl (C=O) groups excluding carboxylic acids is 1. The molecule has 152 valence electrons. The van der Waals surface area contributed by atoms with Crippen molar-refractivity contribution in [3.63, 3.8) is 0 Å². The number of fused-ring (bicyclic) bond motifs is 1. The Hall–Kier alpha value is -3.26. The van der Waals surface area contributed by atoms with Crippen LogP contribution in [0.2, 0.25) is 0 Å². The van der Waals surface area contributed by atoms with E-state index >= 15 is 0 Å². The maximum atomic E-state index is 12.7. The Labute approximate surface area is 167 Å². The van der Waals surface area contributed by atoms with E-state index in [1.54, 1.807) is 32.4 Å². The molecule has 0 saturated carbocycles. The number of nitrogens with one attached hydrogen (secondary N) is 3. The minimum atomic E-state index is -0.267. The number of hydrogen-bond acceptors (Lipinski definition) is 5. The van der Waals surface area contributed by atoms with Gasteiger partial charge in [-0.25, -0.2) is 4.79 Å². The first-order valence-corrected chi connectivity index (χ1v) is 9.55. The van der Waals surface area contributed by atoms with Crippen molar-refractivity contribution >= 4 is 22.6 Å². The summed E-state index contributed by atoms with van der Waals surface area (Å²) in [4.78, 5) is 31.6. The van der Waals surface area contributed by atoms with Crippen LogP contribution in [0.3, 0.4) is 0 Å². The molecule has 1 amide bonds. The van der Waals surface area contributed by atoms with Crippen LogP contribution >= 0.6 is 0 Å². The predicted octanol–water partition coefficient (Wildman–Crippen LogP) is 2.65. The summed E-state index contributed by atoms with van der Waals surface area (Å²) in [5, 5.41) is 2.92. The second-order valence-electron chi connectivity index (χ2n) is 7.12. The molecule has 8 heteroatoms. The van der Waals surface area contributed by atoms with Gasteiger partial charge in [0, 0.05) is 23.4 Å². The van der Waals surface area contributed by atoms with Gasteiger partial charge in [-0.1, -0.05) is 6.07 Å². The largest absolute Gasteiger partial charge is 0.497 e. The van der Waals surface area contributed by atoms with Crippen molar-refractivity contribution in [2.45, 2.75) is 18.9 Å². The number of anilines is 1. The van der Waals surface area contributed by atoms with Crippen molar-refractivity contribution in [1.82, 2.24) is 14.9 Å². The van der Waals surface area contributed by atoms with Gasteiger partial charge in [0.25, 0.3) is 0 Å². The number of likely N-dealkylation sites (tertiary alicyclic amines) is 1. The molecule has 1 aliphatic rings. The minimum absolute atomic E-state index is 0.0957. The summed E-state index contributed by atoms with van der Waals surface area (Å²) in [6.45, 7) is 1.12. The Balaban J connectivity index is 1.47. The van der Waals surface area contributed by atoms with E-state index in [1.165, 1.54) is 0 Å². The molecule has 0 spiro atoms. The van der Waals surface area contributed by atoms with Crippen LogP contribution in [0.1, 0.15) is 24.4 Å². The Bertz CT molecular complexity index is 1090. The lowest BCUT2D eigenvalue weighted by atomic mass is 10.0. The van der Waals surface area contributed by atoms with Crippen LogP contribution in [0.15, 0.2) is 41.2 Å². The highest BCUT2D eigenvalue weighted by Gasteiger charge is 2.29. The molecule has 8 nitrogen and oxygen atoms in total. The van der Waals surface area contributed by atoms with Crippen LogP contribution < -0.4 is 20.5 Å². The molecule has 2 aromatic carbocycles. The second-order valence-corrected chi connectivity index (χ2v) is 7.12. The normalized spacial score (nSPS) is 16.8. The molecule has 1 aromatic heterocycles. The van der Waals surface area contributed by atoms with Crippen LogP contribution in [0.5, 0.6) is 11.5 Å². The standard InChI is InChI=1S/C21H24N4O4/c1-28-14-6-7-15(19(11-14)29-2)18-4-3-9-25(18)12-20(26)22-13-5-8-16-17(10-13)24-21(27)23-16/h5-8,10-11,18H,3-4,9,12H2,1-2H3,(H,22,26)(H2,23,24,27)/t18-/m0/s1. The zero-order chi connectivity index (χ0) is 20.4. The summed E-state index contributed by atoms with van der Waals surface area (Å²) >= 11 is 0. The van der Waals surface area contributed by atoms with Gasteiger partial charge in [-0.3, -0.25) is 9.69 Å². The van der Waals surface area contributed by atoms with Crippen molar-refractivity contribution < 1.29 is 14.3 Å². The third-order valence-corrected chi connectivity index (χ3v) is 5.31. The zero-order valence-corrected chi connectivity index (χ0v) is 16.5. The molecule has 0 bridgehead atoms. The fraction of sp³-hybridized carbons (Fsp3) is 0.333. The number of amides is 1. The first-order chi connectivity index (χ1) is 14.1. The fourth-order valence-electron chi connectivity index (χ4n) is 3.96. The summed E-state index contributed by atoms with van der Waals surface area (Å²) < 4.78 is 10.8. The van der Waals surface area contributed by atoms with E-state index in [1.807, 2.05) is 18.2 Å². The lowest BCUT2D eigenvalue weighted by molar-refractivity contribution is -0.117. The number of rotatable bonds is 6. The van der Waals surface area contributed by atoms with Gasteiger partial charge < -0.3 is 24.8 Å². The zero-order valence-electron chi connectivity index (χ0n) is 16.5. The third kappa shape index (κ3) is 3.97. The van der Waals surface area contributed by atoms with Crippen molar-refractivity contribution in [2.24, 2.45) is 0 Å². The average Bonchev–Trinajstić information content (AvgIpc) is 3.32. The maximum absolute atomic E-state index is 12.7. The Morgan fingerprint density at radius 1 is 1.14 bits per heavy atom. The van der Waals surface area contributed by atoms with E-state index < -0.39 is 0 Å². The highest BCUT2D eigenvalue weighted by Crippen LogP contribution is 2.38. The number of ether oxygens (including phenoxy) is 2. The lowest BCUT2D eigenvalue weighted by Crippen LogP contribution is -2.33. The van der Waals surface area contributed by atoms with E-state index in [0.29, 0.717) is 16.7 Å². The second kappa shape index (κ2) is 8.00. The smallest absolute Gasteiger partial charge is 0.323 e. The van der Waals surface area contributed by atoms with Crippen LogP contribution in [0.4, 0.5) is 5.69 Å². The van der Waals surface area contributed by atoms with Crippen molar-refractivity contribution in [1.29, 1.82) is 0 Å². The fourth-order valence-corrected chi connectivity index (χ4v) is 3.96. The number of carbonyl (C=O) groups is 1. The van der Waals surface area contributed by atoms with E-state index in [-0.39, 0.29) is 24.2 Å². The number of benzene rings is 2. The predicted molar refractivity (Wildman–Crippen MR) is 111 cm³/mol. The number of hydrogen-bond donors (Lipinski definition) is 3. The first-order valence-electron chi connectivity index (χ1n) is 9.55. The van der Waals surface area contributed by atoms with Gasteiger partial charge in [0.2, 0.25) is 5.91 Å². The van der Waals surface area contributed by atoms with Crippen molar-refractivity contribution in [3.05, 3.63) is 52.4 Å². The van der Waals surface area contributed by atoms with Gasteiger partial charge in [-0.15, -0.1) is 0 Å². The van der Waals surface area contributed by atoms with E-state index in [0.717, 1.165) is 36.4 Å². The summed E-state index contributed by atoms with van der Waals surface area (Å²) in [7, 11) is 3.27. The molecule has 3 aromatic rings. The van der Waals surface area contributed by atoms with Crippen LogP contribution in [0, 0.1) is 0 Å². The molecule has 1 atom stereocenters. The van der Waals surface area contributed by atoms with E-state index in [4.69, 9.17) is 9.47 Å². The Morgan fingerprint density at radius 3 is 2.76 bits per heavy atom.